The van der Waals surface area contributed by atoms with Gasteiger partial charge in [-0.25, -0.2) is 23.2 Å². The van der Waals surface area contributed by atoms with Gasteiger partial charge in [-0.15, -0.1) is 0 Å². The van der Waals surface area contributed by atoms with Crippen LogP contribution in [0.4, 0.5) is 13.6 Å². The summed E-state index contributed by atoms with van der Waals surface area (Å²) < 4.78 is 31.4. The van der Waals surface area contributed by atoms with Crippen molar-refractivity contribution in [3.05, 3.63) is 84.2 Å². The monoisotopic (exact) mass is 495 g/mol. The molecule has 3 aromatic rings. The molecular formula is C25H27F2N7O2. The number of aromatic nitrogens is 5. The van der Waals surface area contributed by atoms with Gasteiger partial charge in [0.05, 0.1) is 24.8 Å². The van der Waals surface area contributed by atoms with E-state index >= 15 is 0 Å². The molecule has 3 heterocycles. The second-order valence-corrected chi connectivity index (χ2v) is 9.13. The van der Waals surface area contributed by atoms with E-state index in [1.807, 2.05) is 17.1 Å². The molecule has 3 atom stereocenters. The first kappa shape index (κ1) is 23.9. The van der Waals surface area contributed by atoms with Crippen LogP contribution in [0.15, 0.2) is 61.5 Å². The fraction of sp³-hybridized carbons (Fsp3) is 0.360. The lowest BCUT2D eigenvalue weighted by atomic mass is 9.86. The van der Waals surface area contributed by atoms with Gasteiger partial charge in [-0.05, 0) is 31.4 Å². The minimum Gasteiger partial charge on any atom is -0.381 e. The summed E-state index contributed by atoms with van der Waals surface area (Å²) >= 11 is 0. The van der Waals surface area contributed by atoms with Crippen LogP contribution < -0.4 is 5.32 Å². The molecule has 2 N–H and O–H groups in total. The number of allylic oxidation sites excluding steroid dienone is 2. The number of nitrogens with zero attached hydrogens (tertiary/aromatic N) is 6. The Morgan fingerprint density at radius 1 is 1.31 bits per heavy atom. The average molecular weight is 496 g/mol. The second kappa shape index (κ2) is 9.65. The minimum absolute atomic E-state index is 0.00255. The highest BCUT2D eigenvalue weighted by Crippen LogP contribution is 2.37. The third-order valence-electron chi connectivity index (χ3n) is 6.88. The van der Waals surface area contributed by atoms with Crippen molar-refractivity contribution < 1.29 is 18.7 Å². The van der Waals surface area contributed by atoms with E-state index < -0.39 is 23.3 Å². The van der Waals surface area contributed by atoms with Gasteiger partial charge in [0.15, 0.2) is 0 Å². The van der Waals surface area contributed by atoms with E-state index in [1.54, 1.807) is 24.0 Å². The highest BCUT2D eigenvalue weighted by Gasteiger charge is 2.41. The predicted molar refractivity (Wildman–Crippen MR) is 127 cm³/mol. The SMILES string of the molecule is C[C@@H](n1cc(C2=CCC(N3CCCNC3=O)C=C2)cn1)[C@](O)(Cn1cncn1)c1ccc(F)cc1F. The van der Waals surface area contributed by atoms with Crippen molar-refractivity contribution in [3.63, 3.8) is 0 Å². The fourth-order valence-electron chi connectivity index (χ4n) is 4.78. The van der Waals surface area contributed by atoms with Crippen molar-refractivity contribution in [2.45, 2.75) is 44.0 Å². The Morgan fingerprint density at radius 3 is 2.86 bits per heavy atom. The van der Waals surface area contributed by atoms with Gasteiger partial charge >= 0.3 is 6.03 Å². The third kappa shape index (κ3) is 4.53. The summed E-state index contributed by atoms with van der Waals surface area (Å²) in [4.78, 5) is 17.9. The second-order valence-electron chi connectivity index (χ2n) is 9.13. The zero-order valence-electron chi connectivity index (χ0n) is 19.8. The van der Waals surface area contributed by atoms with Crippen molar-refractivity contribution in [2.24, 2.45) is 0 Å². The van der Waals surface area contributed by atoms with Crippen LogP contribution in [-0.2, 0) is 12.1 Å². The number of aliphatic hydroxyl groups is 1. The molecule has 36 heavy (non-hydrogen) atoms. The molecule has 2 aliphatic rings. The molecule has 11 heteroatoms. The number of hydrogen-bond acceptors (Lipinski definition) is 5. The quantitative estimate of drug-likeness (QED) is 0.525. The molecule has 1 fully saturated rings. The van der Waals surface area contributed by atoms with E-state index in [0.29, 0.717) is 13.0 Å². The number of urea groups is 1. The topological polar surface area (TPSA) is 101 Å². The summed E-state index contributed by atoms with van der Waals surface area (Å²) in [6.07, 6.45) is 13.8. The minimum atomic E-state index is -1.81. The molecule has 2 aromatic heterocycles. The molecule has 9 nitrogen and oxygen atoms in total. The van der Waals surface area contributed by atoms with Gasteiger partial charge in [0.2, 0.25) is 0 Å². The molecule has 1 saturated heterocycles. The standard InChI is InChI=1S/C25H27F2N7O2/c1-17(25(36,14-32-16-28-15-31-32)22-8-5-20(26)11-23(22)27)34-13-19(12-30-34)18-3-6-21(7-4-18)33-10-2-9-29-24(33)35/h3-6,8,11-13,15-17,21,36H,2,7,9-10,14H2,1H3,(H,29,35)/t17-,21?,25-/m1/s1. The van der Waals surface area contributed by atoms with Crippen LogP contribution in [0.25, 0.3) is 5.57 Å². The maximum absolute atomic E-state index is 14.8. The number of benzene rings is 1. The number of nitrogens with one attached hydrogen (secondary N) is 1. The van der Waals surface area contributed by atoms with Crippen LogP contribution in [0.1, 0.15) is 36.9 Å². The van der Waals surface area contributed by atoms with Crippen LogP contribution in [0, 0.1) is 11.6 Å². The predicted octanol–water partition coefficient (Wildman–Crippen LogP) is 3.03. The normalized spacial score (nSPS) is 20.6. The molecule has 0 spiro atoms. The van der Waals surface area contributed by atoms with Crippen LogP contribution in [0.2, 0.25) is 0 Å². The number of carbonyl (C=O) groups excluding carboxylic acids is 1. The zero-order chi connectivity index (χ0) is 25.3. The maximum atomic E-state index is 14.8. The molecule has 1 aromatic carbocycles. The number of halogens is 2. The molecule has 0 radical (unpaired) electrons. The van der Waals surface area contributed by atoms with Gasteiger partial charge in [-0.2, -0.15) is 10.2 Å². The van der Waals surface area contributed by atoms with Crippen molar-refractivity contribution in [1.82, 2.24) is 34.8 Å². The van der Waals surface area contributed by atoms with Crippen LogP contribution in [0.5, 0.6) is 0 Å². The Balaban J connectivity index is 1.39. The highest BCUT2D eigenvalue weighted by atomic mass is 19.1. The van der Waals surface area contributed by atoms with E-state index in [9.17, 15) is 18.7 Å². The van der Waals surface area contributed by atoms with Crippen LogP contribution in [0.3, 0.4) is 0 Å². The van der Waals surface area contributed by atoms with Crippen LogP contribution >= 0.6 is 0 Å². The molecular weight excluding hydrogens is 468 g/mol. The van der Waals surface area contributed by atoms with E-state index in [2.05, 4.69) is 26.6 Å². The van der Waals surface area contributed by atoms with Crippen LogP contribution in [-0.4, -0.2) is 59.7 Å². The average Bonchev–Trinajstić information content (AvgIpc) is 3.56. The molecule has 5 rings (SSSR count). The van der Waals surface area contributed by atoms with Gasteiger partial charge in [0.25, 0.3) is 0 Å². The number of hydrogen-bond donors (Lipinski definition) is 2. The summed E-state index contributed by atoms with van der Waals surface area (Å²) in [7, 11) is 0. The third-order valence-corrected chi connectivity index (χ3v) is 6.88. The van der Waals surface area contributed by atoms with E-state index in [1.165, 1.54) is 23.4 Å². The zero-order valence-corrected chi connectivity index (χ0v) is 19.8. The Morgan fingerprint density at radius 2 is 2.17 bits per heavy atom. The fourth-order valence-corrected chi connectivity index (χ4v) is 4.78. The molecule has 1 unspecified atom stereocenters. The first-order valence-corrected chi connectivity index (χ1v) is 11.8. The van der Waals surface area contributed by atoms with Crippen molar-refractivity contribution in [3.8, 4) is 0 Å². The highest BCUT2D eigenvalue weighted by molar-refractivity contribution is 5.77. The largest absolute Gasteiger partial charge is 0.381 e. The Labute approximate surface area is 206 Å². The molecule has 188 valence electrons. The lowest BCUT2D eigenvalue weighted by Gasteiger charge is -2.35. The van der Waals surface area contributed by atoms with E-state index in [4.69, 9.17) is 0 Å². The van der Waals surface area contributed by atoms with Gasteiger partial charge in [0.1, 0.15) is 29.9 Å². The molecule has 0 bridgehead atoms. The summed E-state index contributed by atoms with van der Waals surface area (Å²) in [6.45, 7) is 3.03. The molecule has 2 amide bonds. The summed E-state index contributed by atoms with van der Waals surface area (Å²) in [5.41, 5.74) is -0.112. The lowest BCUT2D eigenvalue weighted by Crippen LogP contribution is -2.50. The van der Waals surface area contributed by atoms with Crippen molar-refractivity contribution in [1.29, 1.82) is 0 Å². The van der Waals surface area contributed by atoms with Gasteiger partial charge in [0, 0.05) is 36.5 Å². The smallest absolute Gasteiger partial charge is 0.317 e. The summed E-state index contributed by atoms with van der Waals surface area (Å²) in [5.74, 6) is -1.59. The Bertz CT molecular complexity index is 1300. The molecule has 1 aliphatic heterocycles. The number of amides is 2. The van der Waals surface area contributed by atoms with Gasteiger partial charge in [-0.3, -0.25) is 4.68 Å². The first-order valence-electron chi connectivity index (χ1n) is 11.8. The maximum Gasteiger partial charge on any atom is 0.317 e. The lowest BCUT2D eigenvalue weighted by molar-refractivity contribution is -0.0369. The molecule has 1 aliphatic carbocycles. The summed E-state index contributed by atoms with van der Waals surface area (Å²) in [5, 5.41) is 23.2. The summed E-state index contributed by atoms with van der Waals surface area (Å²) in [6, 6.07) is 2.31. The Kier molecular flexibility index (Phi) is 6.40. The Hall–Kier alpha value is -3.86. The van der Waals surface area contributed by atoms with E-state index in [-0.39, 0.29) is 24.2 Å². The van der Waals surface area contributed by atoms with Crippen molar-refractivity contribution >= 4 is 11.6 Å². The van der Waals surface area contributed by atoms with E-state index in [0.717, 1.165) is 36.2 Å². The molecule has 0 saturated carbocycles. The van der Waals surface area contributed by atoms with Gasteiger partial charge < -0.3 is 15.3 Å². The van der Waals surface area contributed by atoms with Crippen molar-refractivity contribution in [2.75, 3.05) is 13.1 Å². The first-order chi connectivity index (χ1) is 17.3. The number of carbonyl (C=O) groups is 1. The number of rotatable bonds is 7. The van der Waals surface area contributed by atoms with Gasteiger partial charge in [-0.1, -0.05) is 24.3 Å².